The van der Waals surface area contributed by atoms with E-state index in [1.807, 2.05) is 17.7 Å². The number of aryl methyl sites for hydroxylation is 1. The average Bonchev–Trinajstić information content (AvgIpc) is 3.09. The van der Waals surface area contributed by atoms with Gasteiger partial charge in [-0.15, -0.1) is 0 Å². The number of amides is 1. The third kappa shape index (κ3) is 4.71. The van der Waals surface area contributed by atoms with Crippen LogP contribution < -0.4 is 15.4 Å². The molecule has 2 heterocycles. The molecule has 0 aliphatic heterocycles. The van der Waals surface area contributed by atoms with E-state index in [9.17, 15) is 9.18 Å². The Balaban J connectivity index is 1.55. The largest absolute Gasteiger partial charge is 0.457 e. The highest BCUT2D eigenvalue weighted by atomic mass is 79.9. The number of benzene rings is 2. The molecule has 32 heavy (non-hydrogen) atoms. The lowest BCUT2D eigenvalue weighted by atomic mass is 10.3. The zero-order chi connectivity index (χ0) is 22.7. The van der Waals surface area contributed by atoms with E-state index in [-0.39, 0.29) is 24.7 Å². The van der Waals surface area contributed by atoms with Gasteiger partial charge in [-0.1, -0.05) is 0 Å². The van der Waals surface area contributed by atoms with Crippen molar-refractivity contribution in [2.45, 2.75) is 0 Å². The molecule has 2 aromatic carbocycles. The maximum absolute atomic E-state index is 13.8. The number of carbonyl (C=O) groups is 1. The highest BCUT2D eigenvalue weighted by Gasteiger charge is 2.12. The summed E-state index contributed by atoms with van der Waals surface area (Å²) in [5.41, 5.74) is 2.30. The lowest BCUT2D eigenvalue weighted by Crippen LogP contribution is -2.27. The van der Waals surface area contributed by atoms with Crippen molar-refractivity contribution in [1.29, 1.82) is 0 Å². The van der Waals surface area contributed by atoms with Crippen molar-refractivity contribution in [2.24, 2.45) is 7.05 Å². The van der Waals surface area contributed by atoms with Crippen molar-refractivity contribution in [1.82, 2.24) is 19.9 Å². The standard InChI is InChI=1S/C22H19BrFN5O3/c1-29-20-5-3-14(32-15-6-7-25-19(12-15)21(31)26-8-9-30)11-18(20)28-22(29)27-13-2-4-16(23)17(24)10-13/h2-7,10-12,30H,8-9H2,1H3,(H,26,31)(H,27,28). The fraction of sp³-hybridized carbons (Fsp3) is 0.136. The van der Waals surface area contributed by atoms with Gasteiger partial charge in [0.1, 0.15) is 23.0 Å². The van der Waals surface area contributed by atoms with Crippen LogP contribution in [0.5, 0.6) is 11.5 Å². The zero-order valence-corrected chi connectivity index (χ0v) is 18.6. The van der Waals surface area contributed by atoms with Crippen molar-refractivity contribution < 1.29 is 19.0 Å². The van der Waals surface area contributed by atoms with Crippen LogP contribution in [0.2, 0.25) is 0 Å². The van der Waals surface area contributed by atoms with Crippen LogP contribution in [0.3, 0.4) is 0 Å². The summed E-state index contributed by atoms with van der Waals surface area (Å²) in [4.78, 5) is 20.6. The Labute approximate surface area is 191 Å². The number of aromatic nitrogens is 3. The van der Waals surface area contributed by atoms with Gasteiger partial charge in [0.15, 0.2) is 0 Å². The lowest BCUT2D eigenvalue weighted by Gasteiger charge is -2.08. The van der Waals surface area contributed by atoms with E-state index in [2.05, 4.69) is 36.5 Å². The molecule has 3 N–H and O–H groups in total. The quantitative estimate of drug-likeness (QED) is 0.353. The first-order chi connectivity index (χ1) is 15.4. The van der Waals surface area contributed by atoms with E-state index >= 15 is 0 Å². The molecular weight excluding hydrogens is 481 g/mol. The minimum absolute atomic E-state index is 0.144. The normalized spacial score (nSPS) is 10.9. The smallest absolute Gasteiger partial charge is 0.270 e. The third-order valence-corrected chi connectivity index (χ3v) is 5.27. The molecule has 0 atom stereocenters. The van der Waals surface area contributed by atoms with E-state index in [1.165, 1.54) is 18.3 Å². The Morgan fingerprint density at radius 1 is 1.19 bits per heavy atom. The maximum atomic E-state index is 13.8. The van der Waals surface area contributed by atoms with Crippen LogP contribution in [0.25, 0.3) is 11.0 Å². The second kappa shape index (κ2) is 9.33. The Morgan fingerprint density at radius 3 is 2.78 bits per heavy atom. The highest BCUT2D eigenvalue weighted by molar-refractivity contribution is 9.10. The summed E-state index contributed by atoms with van der Waals surface area (Å²) in [5.74, 6) is 0.750. The van der Waals surface area contributed by atoms with Crippen LogP contribution in [-0.4, -0.2) is 38.7 Å². The molecule has 2 aromatic heterocycles. The van der Waals surface area contributed by atoms with Crippen molar-refractivity contribution in [3.05, 3.63) is 70.7 Å². The first kappa shape index (κ1) is 21.7. The SMILES string of the molecule is Cn1c(Nc2ccc(Br)c(F)c2)nc2cc(Oc3ccnc(C(=O)NCCO)c3)ccc21. The molecule has 0 aliphatic rings. The predicted molar refractivity (Wildman–Crippen MR) is 122 cm³/mol. The molecular formula is C22H19BrFN5O3. The number of nitrogens with one attached hydrogen (secondary N) is 2. The molecule has 0 spiro atoms. The van der Waals surface area contributed by atoms with E-state index < -0.39 is 5.91 Å². The average molecular weight is 500 g/mol. The second-order valence-corrected chi connectivity index (χ2v) is 7.71. The van der Waals surface area contributed by atoms with Crippen molar-refractivity contribution in [3.63, 3.8) is 0 Å². The summed E-state index contributed by atoms with van der Waals surface area (Å²) in [6, 6.07) is 13.3. The molecule has 4 rings (SSSR count). The number of halogens is 2. The Kier molecular flexibility index (Phi) is 6.33. The topological polar surface area (TPSA) is 101 Å². The molecule has 0 unspecified atom stereocenters. The van der Waals surface area contributed by atoms with E-state index in [1.54, 1.807) is 30.3 Å². The number of fused-ring (bicyclic) bond motifs is 1. The van der Waals surface area contributed by atoms with Crippen LogP contribution in [0.15, 0.2) is 59.2 Å². The summed E-state index contributed by atoms with van der Waals surface area (Å²) in [6.45, 7) is -0.00909. The number of hydrogen-bond acceptors (Lipinski definition) is 6. The Hall–Kier alpha value is -3.50. The minimum Gasteiger partial charge on any atom is -0.457 e. The van der Waals surface area contributed by atoms with Gasteiger partial charge in [0, 0.05) is 37.6 Å². The molecule has 8 nitrogen and oxygen atoms in total. The minimum atomic E-state index is -0.398. The summed E-state index contributed by atoms with van der Waals surface area (Å²) in [5, 5.41) is 14.5. The Morgan fingerprint density at radius 2 is 2.00 bits per heavy atom. The molecule has 4 aromatic rings. The van der Waals surface area contributed by atoms with Gasteiger partial charge in [0.25, 0.3) is 5.91 Å². The number of aliphatic hydroxyl groups is 1. The number of rotatable bonds is 7. The highest BCUT2D eigenvalue weighted by Crippen LogP contribution is 2.29. The summed E-state index contributed by atoms with van der Waals surface area (Å²) in [7, 11) is 1.85. The molecule has 0 saturated heterocycles. The number of pyridine rings is 1. The second-order valence-electron chi connectivity index (χ2n) is 6.86. The van der Waals surface area contributed by atoms with Crippen LogP contribution in [0, 0.1) is 5.82 Å². The van der Waals surface area contributed by atoms with Crippen LogP contribution in [0.4, 0.5) is 16.0 Å². The van der Waals surface area contributed by atoms with Crippen molar-refractivity contribution >= 4 is 44.5 Å². The number of hydrogen-bond donors (Lipinski definition) is 3. The summed E-state index contributed by atoms with van der Waals surface area (Å²) >= 11 is 3.14. The Bertz CT molecular complexity index is 1290. The van der Waals surface area contributed by atoms with E-state index in [0.29, 0.717) is 33.1 Å². The van der Waals surface area contributed by atoms with Gasteiger partial charge in [-0.25, -0.2) is 9.37 Å². The molecule has 0 radical (unpaired) electrons. The summed E-state index contributed by atoms with van der Waals surface area (Å²) < 4.78 is 21.9. The third-order valence-electron chi connectivity index (χ3n) is 4.63. The van der Waals surface area contributed by atoms with Gasteiger partial charge < -0.3 is 25.0 Å². The van der Waals surface area contributed by atoms with Crippen molar-refractivity contribution in [2.75, 3.05) is 18.5 Å². The monoisotopic (exact) mass is 499 g/mol. The summed E-state index contributed by atoms with van der Waals surface area (Å²) in [6.07, 6.45) is 1.47. The lowest BCUT2D eigenvalue weighted by molar-refractivity contribution is 0.0939. The molecule has 1 amide bonds. The van der Waals surface area contributed by atoms with Crippen LogP contribution in [0.1, 0.15) is 10.5 Å². The van der Waals surface area contributed by atoms with Gasteiger partial charge in [-0.3, -0.25) is 9.78 Å². The molecule has 0 fully saturated rings. The molecule has 0 aliphatic carbocycles. The first-order valence-corrected chi connectivity index (χ1v) is 10.5. The predicted octanol–water partition coefficient (Wildman–Crippen LogP) is 4.13. The fourth-order valence-electron chi connectivity index (χ4n) is 3.05. The fourth-order valence-corrected chi connectivity index (χ4v) is 3.30. The van der Waals surface area contributed by atoms with Gasteiger partial charge in [-0.05, 0) is 52.3 Å². The van der Waals surface area contributed by atoms with Gasteiger partial charge in [0.05, 0.1) is 22.1 Å². The van der Waals surface area contributed by atoms with Gasteiger partial charge in [-0.2, -0.15) is 0 Å². The number of aliphatic hydroxyl groups excluding tert-OH is 1. The van der Waals surface area contributed by atoms with Crippen molar-refractivity contribution in [3.8, 4) is 11.5 Å². The van der Waals surface area contributed by atoms with E-state index in [4.69, 9.17) is 9.84 Å². The molecule has 164 valence electrons. The molecule has 0 saturated carbocycles. The zero-order valence-electron chi connectivity index (χ0n) is 17.0. The van der Waals surface area contributed by atoms with Gasteiger partial charge in [0.2, 0.25) is 5.95 Å². The molecule has 10 heteroatoms. The number of anilines is 2. The van der Waals surface area contributed by atoms with Crippen LogP contribution in [-0.2, 0) is 7.05 Å². The first-order valence-electron chi connectivity index (χ1n) is 9.66. The molecule has 0 bridgehead atoms. The van der Waals surface area contributed by atoms with Gasteiger partial charge >= 0.3 is 0 Å². The number of carbonyl (C=O) groups excluding carboxylic acids is 1. The number of imidazole rings is 1. The number of ether oxygens (including phenoxy) is 1. The van der Waals surface area contributed by atoms with E-state index in [0.717, 1.165) is 5.52 Å². The maximum Gasteiger partial charge on any atom is 0.270 e. The van der Waals surface area contributed by atoms with Crippen LogP contribution >= 0.6 is 15.9 Å². The number of nitrogens with zero attached hydrogens (tertiary/aromatic N) is 3.